The lowest BCUT2D eigenvalue weighted by atomic mass is 9.94. The van der Waals surface area contributed by atoms with E-state index in [2.05, 4.69) is 17.4 Å². The fourth-order valence-corrected chi connectivity index (χ4v) is 4.11. The van der Waals surface area contributed by atoms with Gasteiger partial charge < -0.3 is 15.0 Å². The molecule has 0 spiro atoms. The van der Waals surface area contributed by atoms with Gasteiger partial charge in [0, 0.05) is 17.1 Å². The van der Waals surface area contributed by atoms with E-state index in [4.69, 9.17) is 4.74 Å². The number of benzene rings is 1. The lowest BCUT2D eigenvalue weighted by Gasteiger charge is -2.34. The Morgan fingerprint density at radius 2 is 2.04 bits per heavy atom. The summed E-state index contributed by atoms with van der Waals surface area (Å²) in [6.45, 7) is 7.07. The maximum atomic E-state index is 12.7. The van der Waals surface area contributed by atoms with Gasteiger partial charge in [-0.1, -0.05) is 20.8 Å². The zero-order valence-corrected chi connectivity index (χ0v) is 15.0. The van der Waals surface area contributed by atoms with E-state index in [0.717, 1.165) is 17.1 Å². The summed E-state index contributed by atoms with van der Waals surface area (Å²) in [5, 5.41) is 3.62. The van der Waals surface area contributed by atoms with Crippen LogP contribution in [0.15, 0.2) is 18.2 Å². The van der Waals surface area contributed by atoms with Crippen LogP contribution in [0.4, 0.5) is 11.4 Å². The van der Waals surface area contributed by atoms with Crippen molar-refractivity contribution in [2.45, 2.75) is 39.7 Å². The van der Waals surface area contributed by atoms with Crippen LogP contribution in [0.1, 0.15) is 33.6 Å². The first kappa shape index (κ1) is 16.5. The third-order valence-electron chi connectivity index (χ3n) is 4.30. The second kappa shape index (κ2) is 6.63. The van der Waals surface area contributed by atoms with Gasteiger partial charge in [-0.3, -0.25) is 4.79 Å². The number of ether oxygens (including phenoxy) is 1. The van der Waals surface area contributed by atoms with Gasteiger partial charge in [0.05, 0.1) is 12.2 Å². The van der Waals surface area contributed by atoms with Crippen LogP contribution in [0.25, 0.3) is 0 Å². The normalized spacial score (nSPS) is 19.0. The van der Waals surface area contributed by atoms with Gasteiger partial charge in [-0.2, -0.15) is 11.8 Å². The molecular formula is C18H26N2O2S. The second-order valence-corrected chi connectivity index (χ2v) is 8.49. The Kier molecular flexibility index (Phi) is 4.76. The van der Waals surface area contributed by atoms with Crippen molar-refractivity contribution >= 4 is 29.0 Å². The average Bonchev–Trinajstić information content (AvgIpc) is 2.54. The molecule has 2 aliphatic rings. The van der Waals surface area contributed by atoms with Gasteiger partial charge in [-0.15, -0.1) is 0 Å². The van der Waals surface area contributed by atoms with Crippen LogP contribution in [-0.2, 0) is 4.79 Å². The largest absolute Gasteiger partial charge is 0.490 e. The summed E-state index contributed by atoms with van der Waals surface area (Å²) in [7, 11) is 0. The number of thioether (sulfide) groups is 1. The van der Waals surface area contributed by atoms with Crippen molar-refractivity contribution in [3.8, 4) is 5.75 Å². The van der Waals surface area contributed by atoms with Crippen LogP contribution in [0, 0.1) is 5.41 Å². The maximum absolute atomic E-state index is 12.7. The van der Waals surface area contributed by atoms with Crippen LogP contribution >= 0.6 is 11.8 Å². The molecule has 3 rings (SSSR count). The van der Waals surface area contributed by atoms with Gasteiger partial charge in [0.15, 0.2) is 0 Å². The maximum Gasteiger partial charge on any atom is 0.232 e. The van der Waals surface area contributed by atoms with Gasteiger partial charge in [0.25, 0.3) is 0 Å². The SMILES string of the molecule is CC(C)(C)C(=O)N1CCOc2ccc(NC3CCSCC3)cc21. The van der Waals surface area contributed by atoms with E-state index in [1.807, 2.05) is 43.5 Å². The minimum atomic E-state index is -0.390. The summed E-state index contributed by atoms with van der Waals surface area (Å²) in [6, 6.07) is 6.65. The first-order chi connectivity index (χ1) is 10.9. The van der Waals surface area contributed by atoms with Crippen molar-refractivity contribution in [2.24, 2.45) is 5.41 Å². The van der Waals surface area contributed by atoms with E-state index < -0.39 is 5.41 Å². The molecule has 1 aromatic rings. The van der Waals surface area contributed by atoms with Crippen molar-refractivity contribution in [2.75, 3.05) is 34.9 Å². The predicted molar refractivity (Wildman–Crippen MR) is 97.7 cm³/mol. The Bertz CT molecular complexity index is 577. The molecule has 4 nitrogen and oxygen atoms in total. The summed E-state index contributed by atoms with van der Waals surface area (Å²) in [6.07, 6.45) is 2.39. The Hall–Kier alpha value is -1.36. The van der Waals surface area contributed by atoms with Gasteiger partial charge in [-0.25, -0.2) is 0 Å². The second-order valence-electron chi connectivity index (χ2n) is 7.27. The zero-order chi connectivity index (χ0) is 16.4. The monoisotopic (exact) mass is 334 g/mol. The van der Waals surface area contributed by atoms with Crippen molar-refractivity contribution in [1.29, 1.82) is 0 Å². The molecule has 2 heterocycles. The van der Waals surface area contributed by atoms with Crippen LogP contribution < -0.4 is 15.0 Å². The van der Waals surface area contributed by atoms with Gasteiger partial charge in [-0.05, 0) is 42.5 Å². The molecular weight excluding hydrogens is 308 g/mol. The standard InChI is InChI=1S/C18H26N2O2S/c1-18(2,3)17(21)20-8-9-22-16-5-4-14(12-15(16)20)19-13-6-10-23-11-7-13/h4-5,12-13,19H,6-11H2,1-3H3. The molecule has 1 N–H and O–H groups in total. The average molecular weight is 334 g/mol. The Morgan fingerprint density at radius 3 is 2.74 bits per heavy atom. The lowest BCUT2D eigenvalue weighted by molar-refractivity contribution is -0.126. The van der Waals surface area contributed by atoms with Gasteiger partial charge >= 0.3 is 0 Å². The minimum Gasteiger partial charge on any atom is -0.490 e. The highest BCUT2D eigenvalue weighted by Crippen LogP contribution is 2.37. The number of nitrogens with zero attached hydrogens (tertiary/aromatic N) is 1. The lowest BCUT2D eigenvalue weighted by Crippen LogP contribution is -2.44. The van der Waals surface area contributed by atoms with Crippen LogP contribution in [-0.4, -0.2) is 36.6 Å². The number of hydrogen-bond acceptors (Lipinski definition) is 4. The van der Waals surface area contributed by atoms with Crippen molar-refractivity contribution < 1.29 is 9.53 Å². The van der Waals surface area contributed by atoms with Crippen molar-refractivity contribution in [3.63, 3.8) is 0 Å². The van der Waals surface area contributed by atoms with E-state index in [1.165, 1.54) is 24.3 Å². The zero-order valence-electron chi connectivity index (χ0n) is 14.2. The molecule has 0 radical (unpaired) electrons. The number of anilines is 2. The van der Waals surface area contributed by atoms with Crippen molar-refractivity contribution in [1.82, 2.24) is 0 Å². The van der Waals surface area contributed by atoms with Gasteiger partial charge in [0.2, 0.25) is 5.91 Å². The van der Waals surface area contributed by atoms with E-state index in [-0.39, 0.29) is 5.91 Å². The van der Waals surface area contributed by atoms with E-state index in [9.17, 15) is 4.79 Å². The van der Waals surface area contributed by atoms with Crippen LogP contribution in [0.3, 0.4) is 0 Å². The fraction of sp³-hybridized carbons (Fsp3) is 0.611. The van der Waals surface area contributed by atoms with E-state index in [1.54, 1.807) is 0 Å². The van der Waals surface area contributed by atoms with Crippen molar-refractivity contribution in [3.05, 3.63) is 18.2 Å². The highest BCUT2D eigenvalue weighted by atomic mass is 32.2. The number of amides is 1. The van der Waals surface area contributed by atoms with Crippen LogP contribution in [0.5, 0.6) is 5.75 Å². The Balaban J connectivity index is 1.82. The van der Waals surface area contributed by atoms with E-state index >= 15 is 0 Å². The number of nitrogens with one attached hydrogen (secondary N) is 1. The molecule has 0 atom stereocenters. The molecule has 1 fully saturated rings. The Labute approximate surface area is 143 Å². The molecule has 1 amide bonds. The molecule has 0 unspecified atom stereocenters. The molecule has 2 aliphatic heterocycles. The first-order valence-electron chi connectivity index (χ1n) is 8.38. The van der Waals surface area contributed by atoms with E-state index in [0.29, 0.717) is 19.2 Å². The summed E-state index contributed by atoms with van der Waals surface area (Å²) in [4.78, 5) is 14.6. The number of carbonyl (C=O) groups is 1. The molecule has 0 aliphatic carbocycles. The molecule has 5 heteroatoms. The fourth-order valence-electron chi connectivity index (χ4n) is 3.00. The highest BCUT2D eigenvalue weighted by molar-refractivity contribution is 7.99. The summed E-state index contributed by atoms with van der Waals surface area (Å²) < 4.78 is 5.74. The highest BCUT2D eigenvalue weighted by Gasteiger charge is 2.32. The third kappa shape index (κ3) is 3.77. The minimum absolute atomic E-state index is 0.147. The number of rotatable bonds is 2. The van der Waals surface area contributed by atoms with Gasteiger partial charge in [0.1, 0.15) is 12.4 Å². The number of fused-ring (bicyclic) bond motifs is 1. The molecule has 126 valence electrons. The smallest absolute Gasteiger partial charge is 0.232 e. The Morgan fingerprint density at radius 1 is 1.30 bits per heavy atom. The summed E-state index contributed by atoms with van der Waals surface area (Å²) in [5.41, 5.74) is 1.59. The predicted octanol–water partition coefficient (Wildman–Crippen LogP) is 3.77. The molecule has 0 saturated carbocycles. The molecule has 1 saturated heterocycles. The molecule has 23 heavy (non-hydrogen) atoms. The summed E-state index contributed by atoms with van der Waals surface area (Å²) in [5.74, 6) is 3.40. The quantitative estimate of drug-likeness (QED) is 0.894. The first-order valence-corrected chi connectivity index (χ1v) is 9.54. The number of carbonyl (C=O) groups excluding carboxylic acids is 1. The third-order valence-corrected chi connectivity index (χ3v) is 5.35. The number of hydrogen-bond donors (Lipinski definition) is 1. The molecule has 0 aromatic heterocycles. The van der Waals surface area contributed by atoms with Crippen LogP contribution in [0.2, 0.25) is 0 Å². The molecule has 1 aromatic carbocycles. The summed E-state index contributed by atoms with van der Waals surface area (Å²) >= 11 is 2.03. The molecule has 0 bridgehead atoms. The topological polar surface area (TPSA) is 41.6 Å².